The summed E-state index contributed by atoms with van der Waals surface area (Å²) in [5.41, 5.74) is 1.30. The van der Waals surface area contributed by atoms with E-state index in [0.29, 0.717) is 16.7 Å². The van der Waals surface area contributed by atoms with Crippen molar-refractivity contribution in [3.05, 3.63) is 71.3 Å². The normalized spacial score (nSPS) is 26.6. The van der Waals surface area contributed by atoms with Gasteiger partial charge in [0, 0.05) is 11.1 Å². The van der Waals surface area contributed by atoms with E-state index in [1.165, 1.54) is 13.0 Å². The highest BCUT2D eigenvalue weighted by atomic mass is 16.7. The first-order valence-electron chi connectivity index (χ1n) is 9.53. The van der Waals surface area contributed by atoms with Crippen LogP contribution in [0.25, 0.3) is 0 Å². The Morgan fingerprint density at radius 3 is 2.19 bits per heavy atom. The molecule has 0 amide bonds. The first-order chi connectivity index (χ1) is 14.7. The van der Waals surface area contributed by atoms with E-state index < -0.39 is 48.6 Å². The van der Waals surface area contributed by atoms with Gasteiger partial charge in [-0.3, -0.25) is 9.59 Å². The highest BCUT2D eigenvalue weighted by Gasteiger charge is 2.48. The molecule has 3 rings (SSSR count). The number of benzene rings is 2. The Balaban J connectivity index is 1.74. The van der Waals surface area contributed by atoms with E-state index in [-0.39, 0.29) is 5.78 Å². The van der Waals surface area contributed by atoms with Crippen molar-refractivity contribution in [2.24, 2.45) is 0 Å². The number of hydrogen-bond acceptors (Lipinski definition) is 8. The molecule has 9 nitrogen and oxygen atoms in total. The number of carboxylic acids is 1. The second-order valence-electron chi connectivity index (χ2n) is 7.21. The van der Waals surface area contributed by atoms with Crippen LogP contribution in [0.3, 0.4) is 0 Å². The van der Waals surface area contributed by atoms with Crippen LogP contribution in [-0.2, 0) is 19.1 Å². The molecule has 1 heterocycles. The third-order valence-electron chi connectivity index (χ3n) is 5.08. The van der Waals surface area contributed by atoms with Gasteiger partial charge in [-0.15, -0.1) is 0 Å². The molecular formula is C22H22O9. The minimum Gasteiger partial charge on any atom is -0.479 e. The zero-order valence-electron chi connectivity index (χ0n) is 16.5. The minimum absolute atomic E-state index is 0.226. The van der Waals surface area contributed by atoms with E-state index >= 15 is 0 Å². The molecule has 164 valence electrons. The molecule has 0 unspecified atom stereocenters. The second-order valence-corrected chi connectivity index (χ2v) is 7.21. The molecule has 6 atom stereocenters. The summed E-state index contributed by atoms with van der Waals surface area (Å²) in [7, 11) is 0. The maximum absolute atomic E-state index is 12.6. The number of aliphatic hydroxyl groups is 3. The molecule has 1 aliphatic heterocycles. The van der Waals surface area contributed by atoms with Crippen LogP contribution in [0.1, 0.15) is 34.3 Å². The van der Waals surface area contributed by atoms with Crippen molar-refractivity contribution in [2.75, 3.05) is 0 Å². The lowest BCUT2D eigenvalue weighted by Crippen LogP contribution is -2.60. The van der Waals surface area contributed by atoms with Crippen LogP contribution < -0.4 is 0 Å². The van der Waals surface area contributed by atoms with Crippen LogP contribution >= 0.6 is 0 Å². The Kier molecular flexibility index (Phi) is 6.81. The molecule has 0 spiro atoms. The number of aliphatic carboxylic acids is 1. The molecule has 0 aromatic heterocycles. The van der Waals surface area contributed by atoms with E-state index in [0.717, 1.165) is 0 Å². The molecular weight excluding hydrogens is 408 g/mol. The molecule has 0 aliphatic carbocycles. The zero-order valence-corrected chi connectivity index (χ0v) is 16.5. The number of carbonyl (C=O) groups is 3. The summed E-state index contributed by atoms with van der Waals surface area (Å²) in [5, 5.41) is 38.6. The van der Waals surface area contributed by atoms with Gasteiger partial charge in [0.1, 0.15) is 18.3 Å². The molecule has 2 aromatic rings. The minimum atomic E-state index is -1.89. The molecule has 0 bridgehead atoms. The maximum Gasteiger partial charge on any atom is 0.335 e. The van der Waals surface area contributed by atoms with Gasteiger partial charge in [0.25, 0.3) is 0 Å². The van der Waals surface area contributed by atoms with Crippen molar-refractivity contribution in [1.82, 2.24) is 0 Å². The van der Waals surface area contributed by atoms with Gasteiger partial charge < -0.3 is 29.9 Å². The molecule has 0 radical (unpaired) electrons. The third kappa shape index (κ3) is 4.80. The number of carbonyl (C=O) groups excluding carboxylic acids is 2. The zero-order chi connectivity index (χ0) is 22.7. The first-order valence-corrected chi connectivity index (χ1v) is 9.53. The van der Waals surface area contributed by atoms with Crippen LogP contribution in [0, 0.1) is 0 Å². The van der Waals surface area contributed by atoms with E-state index in [9.17, 15) is 29.7 Å². The van der Waals surface area contributed by atoms with Gasteiger partial charge in [-0.05, 0) is 18.6 Å². The summed E-state index contributed by atoms with van der Waals surface area (Å²) in [4.78, 5) is 36.4. The van der Waals surface area contributed by atoms with E-state index in [4.69, 9.17) is 14.6 Å². The topological polar surface area (TPSA) is 151 Å². The summed E-state index contributed by atoms with van der Waals surface area (Å²) in [5.74, 6) is -3.58. The molecule has 0 saturated carbocycles. The van der Waals surface area contributed by atoms with Crippen LogP contribution in [0.5, 0.6) is 0 Å². The summed E-state index contributed by atoms with van der Waals surface area (Å²) in [6.45, 7) is 1.50. The monoisotopic (exact) mass is 430 g/mol. The third-order valence-corrected chi connectivity index (χ3v) is 5.08. The fourth-order valence-electron chi connectivity index (χ4n) is 3.21. The quantitative estimate of drug-likeness (QED) is 0.378. The summed E-state index contributed by atoms with van der Waals surface area (Å²) >= 11 is 0. The molecule has 2 aromatic carbocycles. The Labute approximate surface area is 177 Å². The summed E-state index contributed by atoms with van der Waals surface area (Å²) < 4.78 is 10.0. The second kappa shape index (κ2) is 9.36. The van der Waals surface area contributed by atoms with Crippen LogP contribution in [-0.4, -0.2) is 68.9 Å². The molecule has 4 N–H and O–H groups in total. The van der Waals surface area contributed by atoms with Gasteiger partial charge >= 0.3 is 11.9 Å². The van der Waals surface area contributed by atoms with Gasteiger partial charge in [-0.25, -0.2) is 4.79 Å². The number of esters is 1. The lowest BCUT2D eigenvalue weighted by atomic mass is 9.95. The predicted molar refractivity (Wildman–Crippen MR) is 105 cm³/mol. The van der Waals surface area contributed by atoms with Crippen LogP contribution in [0.15, 0.2) is 54.6 Å². The molecule has 9 heteroatoms. The number of carboxylic acid groups (broad SMARTS) is 1. The predicted octanol–water partition coefficient (Wildman–Crippen LogP) is 0.457. The Morgan fingerprint density at radius 2 is 1.55 bits per heavy atom. The summed E-state index contributed by atoms with van der Waals surface area (Å²) in [6.07, 6.45) is -9.27. The highest BCUT2D eigenvalue weighted by Crippen LogP contribution is 2.26. The number of ketones is 1. The largest absolute Gasteiger partial charge is 0.479 e. The van der Waals surface area contributed by atoms with Crippen molar-refractivity contribution < 1.29 is 44.3 Å². The average molecular weight is 430 g/mol. The number of aliphatic hydroxyl groups excluding tert-OH is 3. The Bertz CT molecular complexity index is 958. The molecule has 1 aliphatic rings. The standard InChI is InChI=1S/C22H22O9/c1-11(13-8-5-9-14(10-13)15(23)12-6-3-2-4-7-12)21(29)31-22-18(26)16(24)17(25)19(30-22)20(27)28/h2-11,16-19,22,24-26H,1H3,(H,27,28)/t11-,16+,17+,18-,19+,22+/m1/s1. The fourth-order valence-corrected chi connectivity index (χ4v) is 3.21. The SMILES string of the molecule is C[C@@H](C(=O)O[C@@H]1O[C@H](C(=O)O)[C@@H](O)[C@H](O)[C@H]1O)c1cccc(C(=O)c2ccccc2)c1. The smallest absolute Gasteiger partial charge is 0.335 e. The van der Waals surface area contributed by atoms with Gasteiger partial charge in [0.05, 0.1) is 5.92 Å². The van der Waals surface area contributed by atoms with Crippen molar-refractivity contribution in [3.8, 4) is 0 Å². The number of ether oxygens (including phenoxy) is 2. The van der Waals surface area contributed by atoms with Crippen molar-refractivity contribution in [1.29, 1.82) is 0 Å². The van der Waals surface area contributed by atoms with Gasteiger partial charge in [-0.1, -0.05) is 48.5 Å². The van der Waals surface area contributed by atoms with Crippen LogP contribution in [0.4, 0.5) is 0 Å². The van der Waals surface area contributed by atoms with E-state index in [1.807, 2.05) is 0 Å². The van der Waals surface area contributed by atoms with Gasteiger partial charge in [-0.2, -0.15) is 0 Å². The Hall–Kier alpha value is -3.11. The van der Waals surface area contributed by atoms with Crippen molar-refractivity contribution in [2.45, 2.75) is 43.5 Å². The molecule has 1 fully saturated rings. The fraction of sp³-hybridized carbons (Fsp3) is 0.318. The van der Waals surface area contributed by atoms with Crippen molar-refractivity contribution in [3.63, 3.8) is 0 Å². The molecule has 31 heavy (non-hydrogen) atoms. The maximum atomic E-state index is 12.6. The Morgan fingerprint density at radius 1 is 0.903 bits per heavy atom. The number of hydrogen-bond donors (Lipinski definition) is 4. The average Bonchev–Trinajstić information content (AvgIpc) is 2.78. The molecule has 1 saturated heterocycles. The van der Waals surface area contributed by atoms with Gasteiger partial charge in [0.2, 0.25) is 6.29 Å². The number of rotatable bonds is 6. The van der Waals surface area contributed by atoms with Crippen molar-refractivity contribution >= 4 is 17.7 Å². The van der Waals surface area contributed by atoms with Crippen LogP contribution in [0.2, 0.25) is 0 Å². The lowest BCUT2D eigenvalue weighted by Gasteiger charge is -2.38. The lowest BCUT2D eigenvalue weighted by molar-refractivity contribution is -0.286. The van der Waals surface area contributed by atoms with E-state index in [2.05, 4.69) is 0 Å². The highest BCUT2D eigenvalue weighted by molar-refractivity contribution is 6.09. The first kappa shape index (κ1) is 22.6. The van der Waals surface area contributed by atoms with E-state index in [1.54, 1.807) is 48.5 Å². The summed E-state index contributed by atoms with van der Waals surface area (Å²) in [6, 6.07) is 15.0. The van der Waals surface area contributed by atoms with Gasteiger partial charge in [0.15, 0.2) is 11.9 Å².